The maximum atomic E-state index is 12.3. The van der Waals surface area contributed by atoms with Gasteiger partial charge in [0.25, 0.3) is 5.91 Å². The predicted molar refractivity (Wildman–Crippen MR) is 71.3 cm³/mol. The number of ketones is 1. The lowest BCUT2D eigenvalue weighted by atomic mass is 9.84. The molecule has 0 aliphatic heterocycles. The Morgan fingerprint density at radius 3 is 2.63 bits per heavy atom. The molecule has 98 valence electrons. The van der Waals surface area contributed by atoms with E-state index in [4.69, 9.17) is 5.73 Å². The first-order chi connectivity index (χ1) is 8.99. The van der Waals surface area contributed by atoms with Crippen LogP contribution in [0, 0.1) is 6.92 Å². The molecule has 1 aromatic heterocycles. The first-order valence-electron chi connectivity index (χ1n) is 6.52. The van der Waals surface area contributed by atoms with Gasteiger partial charge in [-0.1, -0.05) is 12.2 Å². The second-order valence-corrected chi connectivity index (χ2v) is 5.47. The molecule has 2 aliphatic carbocycles. The van der Waals surface area contributed by atoms with Gasteiger partial charge in [-0.05, 0) is 31.2 Å². The zero-order valence-corrected chi connectivity index (χ0v) is 11.0. The van der Waals surface area contributed by atoms with Crippen molar-refractivity contribution in [2.45, 2.75) is 38.5 Å². The summed E-state index contributed by atoms with van der Waals surface area (Å²) in [6.07, 6.45) is 3.02. The summed E-state index contributed by atoms with van der Waals surface area (Å²) in [5, 5.41) is 0. The lowest BCUT2D eigenvalue weighted by Crippen LogP contribution is -2.24. The average Bonchev–Trinajstić information content (AvgIpc) is 3.09. The Morgan fingerprint density at radius 1 is 1.37 bits per heavy atom. The fourth-order valence-corrected chi connectivity index (χ4v) is 2.93. The van der Waals surface area contributed by atoms with Crippen molar-refractivity contribution in [2.75, 3.05) is 0 Å². The van der Waals surface area contributed by atoms with Crippen LogP contribution >= 0.6 is 0 Å². The molecule has 1 heterocycles. The number of fused-ring (bicyclic) bond motifs is 1. The number of carbonyl (C=O) groups is 2. The molecule has 1 aromatic rings. The van der Waals surface area contributed by atoms with Gasteiger partial charge >= 0.3 is 0 Å². The highest BCUT2D eigenvalue weighted by molar-refractivity contribution is 6.05. The molecule has 0 aromatic carbocycles. The summed E-state index contributed by atoms with van der Waals surface area (Å²) in [5.74, 6) is -0.150. The third-order valence-corrected chi connectivity index (χ3v) is 3.83. The molecule has 1 fully saturated rings. The van der Waals surface area contributed by atoms with E-state index in [2.05, 4.69) is 11.6 Å². The summed E-state index contributed by atoms with van der Waals surface area (Å²) < 4.78 is 0. The number of aromatic nitrogens is 1. The van der Waals surface area contributed by atoms with Crippen molar-refractivity contribution in [3.8, 4) is 0 Å². The van der Waals surface area contributed by atoms with Gasteiger partial charge in [-0.3, -0.25) is 14.6 Å². The van der Waals surface area contributed by atoms with Crippen LogP contribution in [0.3, 0.4) is 0 Å². The largest absolute Gasteiger partial charge is 0.366 e. The van der Waals surface area contributed by atoms with Gasteiger partial charge in [-0.15, -0.1) is 0 Å². The minimum absolute atomic E-state index is 0.0307. The average molecular weight is 256 g/mol. The fraction of sp³-hybridized carbons (Fsp3) is 0.400. The van der Waals surface area contributed by atoms with E-state index in [9.17, 15) is 9.59 Å². The van der Waals surface area contributed by atoms with Crippen LogP contribution < -0.4 is 5.73 Å². The molecule has 0 atom stereocenters. The molecule has 2 N–H and O–H groups in total. The second-order valence-electron chi connectivity index (χ2n) is 5.47. The van der Waals surface area contributed by atoms with Crippen LogP contribution in [0.25, 0.3) is 0 Å². The number of hydrogen-bond acceptors (Lipinski definition) is 3. The van der Waals surface area contributed by atoms with Gasteiger partial charge in [0, 0.05) is 18.4 Å². The van der Waals surface area contributed by atoms with E-state index in [0.717, 1.165) is 29.7 Å². The number of carbonyl (C=O) groups excluding carboxylic acids is 2. The number of pyridine rings is 1. The van der Waals surface area contributed by atoms with Crippen molar-refractivity contribution in [1.29, 1.82) is 0 Å². The normalized spacial score (nSPS) is 18.4. The highest BCUT2D eigenvalue weighted by Crippen LogP contribution is 2.45. The van der Waals surface area contributed by atoms with Crippen molar-refractivity contribution in [2.24, 2.45) is 5.73 Å². The number of Topliss-reactive ketones (excluding diaryl/α,β-unsaturated/α-hetero) is 1. The van der Waals surface area contributed by atoms with Crippen LogP contribution in [0.2, 0.25) is 0 Å². The number of allylic oxidation sites excluding steroid dienone is 1. The van der Waals surface area contributed by atoms with Crippen LogP contribution in [0.15, 0.2) is 12.2 Å². The van der Waals surface area contributed by atoms with E-state index < -0.39 is 5.91 Å². The molecule has 2 aliphatic rings. The van der Waals surface area contributed by atoms with Gasteiger partial charge in [0.15, 0.2) is 5.78 Å². The monoisotopic (exact) mass is 256 g/mol. The highest BCUT2D eigenvalue weighted by Gasteiger charge is 2.36. The summed E-state index contributed by atoms with van der Waals surface area (Å²) in [6.45, 7) is 5.67. The molecular formula is C15H16N2O2. The number of hydrogen-bond donors (Lipinski definition) is 1. The Labute approximate surface area is 111 Å². The van der Waals surface area contributed by atoms with Crippen LogP contribution in [-0.4, -0.2) is 16.7 Å². The number of amides is 1. The maximum absolute atomic E-state index is 12.3. The Bertz CT molecular complexity index is 628. The molecule has 1 amide bonds. The number of rotatable bonds is 2. The van der Waals surface area contributed by atoms with E-state index in [1.165, 1.54) is 0 Å². The van der Waals surface area contributed by atoms with Gasteiger partial charge < -0.3 is 5.73 Å². The maximum Gasteiger partial charge on any atom is 0.250 e. The number of aryl methyl sites for hydroxylation is 1. The standard InChI is InChI=1S/C15H16N2O2/c1-7-5-10-14(11(18)6-7)13(9-3-4-9)12(15(16)19)8(2)17-10/h9H,1,3-6H2,2H3,(H2,16,19). The van der Waals surface area contributed by atoms with Gasteiger partial charge in [0.2, 0.25) is 0 Å². The minimum atomic E-state index is -0.480. The van der Waals surface area contributed by atoms with Crippen molar-refractivity contribution in [1.82, 2.24) is 4.98 Å². The van der Waals surface area contributed by atoms with Crippen LogP contribution in [0.4, 0.5) is 0 Å². The quantitative estimate of drug-likeness (QED) is 0.823. The number of nitrogens with two attached hydrogens (primary N) is 1. The smallest absolute Gasteiger partial charge is 0.250 e. The molecule has 4 heteroatoms. The fourth-order valence-electron chi connectivity index (χ4n) is 2.93. The van der Waals surface area contributed by atoms with Crippen molar-refractivity contribution in [3.05, 3.63) is 40.2 Å². The van der Waals surface area contributed by atoms with Gasteiger partial charge in [-0.2, -0.15) is 0 Å². The predicted octanol–water partition coefficient (Wildman–Crippen LogP) is 2.05. The Hall–Kier alpha value is -1.97. The zero-order chi connectivity index (χ0) is 13.7. The summed E-state index contributed by atoms with van der Waals surface area (Å²) in [5.41, 5.74) is 9.73. The first-order valence-corrected chi connectivity index (χ1v) is 6.52. The molecule has 1 saturated carbocycles. The van der Waals surface area contributed by atoms with Crippen LogP contribution in [0.5, 0.6) is 0 Å². The molecule has 0 saturated heterocycles. The Kier molecular flexibility index (Phi) is 2.55. The summed E-state index contributed by atoms with van der Waals surface area (Å²) in [7, 11) is 0. The van der Waals surface area contributed by atoms with E-state index in [-0.39, 0.29) is 5.78 Å². The molecule has 19 heavy (non-hydrogen) atoms. The van der Waals surface area contributed by atoms with Crippen molar-refractivity contribution >= 4 is 11.7 Å². The van der Waals surface area contributed by atoms with Crippen molar-refractivity contribution < 1.29 is 9.59 Å². The molecule has 4 nitrogen and oxygen atoms in total. The SMILES string of the molecule is C=C1CC(=O)c2c(nc(C)c(C(N)=O)c2C2CC2)C1. The third-order valence-electron chi connectivity index (χ3n) is 3.83. The van der Waals surface area contributed by atoms with Gasteiger partial charge in [0.1, 0.15) is 0 Å². The lowest BCUT2D eigenvalue weighted by molar-refractivity contribution is 0.0985. The van der Waals surface area contributed by atoms with Crippen molar-refractivity contribution in [3.63, 3.8) is 0 Å². The molecule has 3 rings (SSSR count). The Balaban J connectivity index is 2.31. The van der Waals surface area contributed by atoms with E-state index in [1.54, 1.807) is 6.92 Å². The number of nitrogens with zero attached hydrogens (tertiary/aromatic N) is 1. The summed E-state index contributed by atoms with van der Waals surface area (Å²) in [4.78, 5) is 28.4. The van der Waals surface area contributed by atoms with Crippen LogP contribution in [0.1, 0.15) is 62.8 Å². The Morgan fingerprint density at radius 2 is 2.05 bits per heavy atom. The lowest BCUT2D eigenvalue weighted by Gasteiger charge is -2.22. The zero-order valence-electron chi connectivity index (χ0n) is 11.0. The minimum Gasteiger partial charge on any atom is -0.366 e. The first kappa shape index (κ1) is 12.1. The molecular weight excluding hydrogens is 240 g/mol. The van der Waals surface area contributed by atoms with Gasteiger partial charge in [-0.25, -0.2) is 0 Å². The molecule has 0 spiro atoms. The van der Waals surface area contributed by atoms with E-state index in [1.807, 2.05) is 0 Å². The second kappa shape index (κ2) is 4.02. The topological polar surface area (TPSA) is 73.1 Å². The van der Waals surface area contributed by atoms with E-state index in [0.29, 0.717) is 35.6 Å². The summed E-state index contributed by atoms with van der Waals surface area (Å²) in [6, 6.07) is 0. The third kappa shape index (κ3) is 1.87. The molecule has 0 unspecified atom stereocenters. The molecule has 0 radical (unpaired) electrons. The summed E-state index contributed by atoms with van der Waals surface area (Å²) >= 11 is 0. The van der Waals surface area contributed by atoms with E-state index >= 15 is 0 Å². The highest BCUT2D eigenvalue weighted by atomic mass is 16.1. The van der Waals surface area contributed by atoms with Gasteiger partial charge in [0.05, 0.1) is 17.0 Å². The van der Waals surface area contributed by atoms with Crippen LogP contribution in [-0.2, 0) is 6.42 Å². The number of primary amides is 1. The molecule has 0 bridgehead atoms.